The molecule has 1 heterocycles. The highest BCUT2D eigenvalue weighted by Gasteiger charge is 2.32. The summed E-state index contributed by atoms with van der Waals surface area (Å²) >= 11 is 0. The van der Waals surface area contributed by atoms with Crippen molar-refractivity contribution in [2.45, 2.75) is 58.2 Å². The molecule has 0 spiro atoms. The topological polar surface area (TPSA) is 70.7 Å². The van der Waals surface area contributed by atoms with Gasteiger partial charge in [-0.25, -0.2) is 0 Å². The number of nitrogens with zero attached hydrogens (tertiary/aromatic N) is 1. The summed E-state index contributed by atoms with van der Waals surface area (Å²) in [6, 6.07) is 3.92. The monoisotopic (exact) mass is 359 g/mol. The van der Waals surface area contributed by atoms with Gasteiger partial charge in [0.25, 0.3) is 0 Å². The quantitative estimate of drug-likeness (QED) is 0.811. The standard InChI is InChI=1S/C20H29N3O3/c1-13-14(2)18(26-3)8-7-15(13)12-23-10-9-21-20(25)17(23)11-19(24)22-16-5-4-6-16/h7-8,16-17H,4-6,9-12H2,1-3H3,(H,21,25)(H,22,24)/t17-/m1/s1. The Morgan fingerprint density at radius 2 is 2.08 bits per heavy atom. The lowest BCUT2D eigenvalue weighted by molar-refractivity contribution is -0.134. The molecule has 6 nitrogen and oxygen atoms in total. The molecule has 2 aliphatic rings. The third-order valence-corrected chi connectivity index (χ3v) is 5.73. The van der Waals surface area contributed by atoms with Gasteiger partial charge in [-0.2, -0.15) is 0 Å². The fraction of sp³-hybridized carbons (Fsp3) is 0.600. The first kappa shape index (κ1) is 18.7. The van der Waals surface area contributed by atoms with Crippen molar-refractivity contribution in [3.8, 4) is 5.75 Å². The van der Waals surface area contributed by atoms with Crippen molar-refractivity contribution in [1.29, 1.82) is 0 Å². The minimum absolute atomic E-state index is 0.0237. The number of benzene rings is 1. The lowest BCUT2D eigenvalue weighted by atomic mass is 9.93. The third-order valence-electron chi connectivity index (χ3n) is 5.73. The van der Waals surface area contributed by atoms with E-state index in [1.807, 2.05) is 13.0 Å². The van der Waals surface area contributed by atoms with Crippen LogP contribution in [0.15, 0.2) is 12.1 Å². The summed E-state index contributed by atoms with van der Waals surface area (Å²) in [7, 11) is 1.67. The molecular formula is C20H29N3O3. The number of methoxy groups -OCH3 is 1. The second-order valence-electron chi connectivity index (χ2n) is 7.35. The van der Waals surface area contributed by atoms with E-state index < -0.39 is 6.04 Å². The number of carbonyl (C=O) groups excluding carboxylic acids is 2. The molecule has 2 N–H and O–H groups in total. The van der Waals surface area contributed by atoms with Gasteiger partial charge in [0.15, 0.2) is 0 Å². The van der Waals surface area contributed by atoms with Gasteiger partial charge in [0.05, 0.1) is 19.6 Å². The summed E-state index contributed by atoms with van der Waals surface area (Å²) < 4.78 is 5.38. The lowest BCUT2D eigenvalue weighted by Gasteiger charge is -2.36. The number of amides is 2. The van der Waals surface area contributed by atoms with Crippen molar-refractivity contribution >= 4 is 11.8 Å². The summed E-state index contributed by atoms with van der Waals surface area (Å²) in [4.78, 5) is 26.8. The predicted octanol–water partition coefficient (Wildman–Crippen LogP) is 1.67. The number of piperazine rings is 1. The number of carbonyl (C=O) groups is 2. The first-order valence-electron chi connectivity index (χ1n) is 9.43. The van der Waals surface area contributed by atoms with Crippen molar-refractivity contribution in [2.24, 2.45) is 0 Å². The fourth-order valence-corrected chi connectivity index (χ4v) is 3.65. The molecule has 1 aliphatic carbocycles. The normalized spacial score (nSPS) is 21.0. The van der Waals surface area contributed by atoms with Crippen molar-refractivity contribution < 1.29 is 14.3 Å². The van der Waals surface area contributed by atoms with Crippen LogP contribution in [0, 0.1) is 13.8 Å². The lowest BCUT2D eigenvalue weighted by Crippen LogP contribution is -2.56. The van der Waals surface area contributed by atoms with E-state index in [0.29, 0.717) is 19.1 Å². The van der Waals surface area contributed by atoms with Crippen LogP contribution in [0.25, 0.3) is 0 Å². The van der Waals surface area contributed by atoms with Gasteiger partial charge in [-0.15, -0.1) is 0 Å². The van der Waals surface area contributed by atoms with Crippen LogP contribution < -0.4 is 15.4 Å². The van der Waals surface area contributed by atoms with E-state index in [0.717, 1.165) is 30.7 Å². The van der Waals surface area contributed by atoms with Crippen molar-refractivity contribution in [2.75, 3.05) is 20.2 Å². The van der Waals surface area contributed by atoms with E-state index in [9.17, 15) is 9.59 Å². The van der Waals surface area contributed by atoms with Crippen LogP contribution >= 0.6 is 0 Å². The van der Waals surface area contributed by atoms with Gasteiger partial charge < -0.3 is 15.4 Å². The van der Waals surface area contributed by atoms with Crippen LogP contribution in [0.5, 0.6) is 5.75 Å². The minimum atomic E-state index is -0.411. The predicted molar refractivity (Wildman–Crippen MR) is 100 cm³/mol. The van der Waals surface area contributed by atoms with Crippen LogP contribution in [-0.4, -0.2) is 49.0 Å². The van der Waals surface area contributed by atoms with Gasteiger partial charge in [0.2, 0.25) is 11.8 Å². The van der Waals surface area contributed by atoms with Gasteiger partial charge in [0, 0.05) is 25.7 Å². The number of rotatable bonds is 6. The SMILES string of the molecule is COc1ccc(CN2CCNC(=O)[C@H]2CC(=O)NC2CCC2)c(C)c1C. The molecule has 26 heavy (non-hydrogen) atoms. The Morgan fingerprint density at radius 1 is 1.31 bits per heavy atom. The summed E-state index contributed by atoms with van der Waals surface area (Å²) in [5.74, 6) is 0.798. The van der Waals surface area contributed by atoms with Gasteiger partial charge >= 0.3 is 0 Å². The minimum Gasteiger partial charge on any atom is -0.496 e. The second-order valence-corrected chi connectivity index (χ2v) is 7.35. The van der Waals surface area contributed by atoms with Gasteiger partial charge in [-0.3, -0.25) is 14.5 Å². The van der Waals surface area contributed by atoms with Crippen molar-refractivity contribution in [3.63, 3.8) is 0 Å². The molecule has 0 aromatic heterocycles. The van der Waals surface area contributed by atoms with Gasteiger partial charge in [-0.1, -0.05) is 6.07 Å². The summed E-state index contributed by atoms with van der Waals surface area (Å²) in [6.45, 7) is 6.15. The number of nitrogens with one attached hydrogen (secondary N) is 2. The van der Waals surface area contributed by atoms with Crippen LogP contribution in [-0.2, 0) is 16.1 Å². The number of ether oxygens (including phenoxy) is 1. The average Bonchev–Trinajstić information content (AvgIpc) is 2.58. The number of hydrogen-bond acceptors (Lipinski definition) is 4. The highest BCUT2D eigenvalue weighted by Crippen LogP contribution is 2.26. The Labute approximate surface area is 155 Å². The van der Waals surface area contributed by atoms with E-state index in [2.05, 4.69) is 28.5 Å². The van der Waals surface area contributed by atoms with Crippen LogP contribution in [0.1, 0.15) is 42.4 Å². The van der Waals surface area contributed by atoms with Gasteiger partial charge in [0.1, 0.15) is 5.75 Å². The van der Waals surface area contributed by atoms with E-state index in [4.69, 9.17) is 4.74 Å². The first-order valence-corrected chi connectivity index (χ1v) is 9.43. The Kier molecular flexibility index (Phi) is 5.81. The maximum absolute atomic E-state index is 12.4. The summed E-state index contributed by atoms with van der Waals surface area (Å²) in [5, 5.41) is 5.94. The molecule has 2 fully saturated rings. The number of hydrogen-bond donors (Lipinski definition) is 2. The van der Waals surface area contributed by atoms with Crippen LogP contribution in [0.2, 0.25) is 0 Å². The third kappa shape index (κ3) is 4.01. The second kappa shape index (κ2) is 8.08. The zero-order valence-electron chi connectivity index (χ0n) is 15.9. The Hall–Kier alpha value is -2.08. The van der Waals surface area contributed by atoms with Crippen LogP contribution in [0.4, 0.5) is 0 Å². The molecule has 1 aromatic carbocycles. The van der Waals surface area contributed by atoms with Crippen LogP contribution in [0.3, 0.4) is 0 Å². The maximum Gasteiger partial charge on any atom is 0.237 e. The molecule has 2 amide bonds. The maximum atomic E-state index is 12.4. The Morgan fingerprint density at radius 3 is 2.73 bits per heavy atom. The molecule has 1 saturated heterocycles. The molecular weight excluding hydrogens is 330 g/mol. The molecule has 3 rings (SSSR count). The van der Waals surface area contributed by atoms with E-state index in [1.165, 1.54) is 17.5 Å². The molecule has 0 radical (unpaired) electrons. The molecule has 1 saturated carbocycles. The molecule has 1 aliphatic heterocycles. The smallest absolute Gasteiger partial charge is 0.237 e. The van der Waals surface area contributed by atoms with Gasteiger partial charge in [-0.05, 0) is 55.9 Å². The molecule has 1 aromatic rings. The highest BCUT2D eigenvalue weighted by atomic mass is 16.5. The van der Waals surface area contributed by atoms with E-state index in [-0.39, 0.29) is 18.2 Å². The molecule has 1 atom stereocenters. The Bertz CT molecular complexity index is 685. The summed E-state index contributed by atoms with van der Waals surface area (Å²) in [6.07, 6.45) is 3.50. The fourth-order valence-electron chi connectivity index (χ4n) is 3.65. The average molecular weight is 359 g/mol. The van der Waals surface area contributed by atoms with Crippen molar-refractivity contribution in [1.82, 2.24) is 15.5 Å². The molecule has 0 bridgehead atoms. The van der Waals surface area contributed by atoms with E-state index >= 15 is 0 Å². The molecule has 142 valence electrons. The molecule has 0 unspecified atom stereocenters. The van der Waals surface area contributed by atoms with Crippen molar-refractivity contribution in [3.05, 3.63) is 28.8 Å². The zero-order valence-corrected chi connectivity index (χ0v) is 15.9. The zero-order chi connectivity index (χ0) is 18.7. The summed E-state index contributed by atoms with van der Waals surface area (Å²) in [5.41, 5.74) is 3.46. The highest BCUT2D eigenvalue weighted by molar-refractivity contribution is 5.89. The largest absolute Gasteiger partial charge is 0.496 e. The Balaban J connectivity index is 1.70. The molecule has 6 heteroatoms. The van der Waals surface area contributed by atoms with E-state index in [1.54, 1.807) is 7.11 Å². The first-order chi connectivity index (χ1) is 12.5.